The lowest BCUT2D eigenvalue weighted by Crippen LogP contribution is -2.02. The lowest BCUT2D eigenvalue weighted by atomic mass is 10.0. The van der Waals surface area contributed by atoms with Crippen molar-refractivity contribution in [2.75, 3.05) is 13.2 Å². The molecule has 0 N–H and O–H groups in total. The molecule has 0 bridgehead atoms. The Kier molecular flexibility index (Phi) is 5.63. The fraction of sp³-hybridized carbons (Fsp3) is 0.250. The maximum Gasteiger partial charge on any atom is 0.182 e. The van der Waals surface area contributed by atoms with Gasteiger partial charge in [-0.2, -0.15) is 0 Å². The summed E-state index contributed by atoms with van der Waals surface area (Å²) >= 11 is 18.9. The molecule has 0 aliphatic heterocycles. The Balaban J connectivity index is 2.78. The topological polar surface area (TPSA) is 18.5 Å². The molecule has 0 unspecified atom stereocenters. The zero-order valence-corrected chi connectivity index (χ0v) is 14.0. The number of hydrogen-bond acceptors (Lipinski definition) is 2. The van der Waals surface area contributed by atoms with E-state index in [1.807, 2.05) is 44.2 Å². The van der Waals surface area contributed by atoms with Gasteiger partial charge in [-0.3, -0.25) is 0 Å². The standard InChI is InChI=1S/C16H15Cl3O2/c1-3-20-15-11(10-8-6-5-7-9-10)12(17)13(18)14(19)16(15)21-4-2/h5-9H,3-4H2,1-2H3. The molecule has 112 valence electrons. The van der Waals surface area contributed by atoms with Gasteiger partial charge in [0.05, 0.1) is 23.3 Å². The van der Waals surface area contributed by atoms with E-state index in [1.165, 1.54) is 0 Å². The van der Waals surface area contributed by atoms with Crippen molar-refractivity contribution in [3.05, 3.63) is 45.4 Å². The van der Waals surface area contributed by atoms with Crippen molar-refractivity contribution < 1.29 is 9.47 Å². The van der Waals surface area contributed by atoms with Crippen molar-refractivity contribution in [2.45, 2.75) is 13.8 Å². The smallest absolute Gasteiger partial charge is 0.182 e. The van der Waals surface area contributed by atoms with Crippen LogP contribution >= 0.6 is 34.8 Å². The van der Waals surface area contributed by atoms with Crippen LogP contribution in [0.5, 0.6) is 11.5 Å². The Labute approximate surface area is 139 Å². The molecule has 0 spiro atoms. The number of ether oxygens (including phenoxy) is 2. The molecular formula is C16H15Cl3O2. The molecule has 2 rings (SSSR count). The highest BCUT2D eigenvalue weighted by molar-refractivity contribution is 6.50. The second-order valence-electron chi connectivity index (χ2n) is 4.21. The first-order valence-electron chi connectivity index (χ1n) is 6.63. The summed E-state index contributed by atoms with van der Waals surface area (Å²) < 4.78 is 11.4. The minimum atomic E-state index is 0.268. The number of benzene rings is 2. The van der Waals surface area contributed by atoms with Gasteiger partial charge in [0, 0.05) is 5.56 Å². The molecule has 0 radical (unpaired) electrons. The lowest BCUT2D eigenvalue weighted by molar-refractivity contribution is 0.289. The van der Waals surface area contributed by atoms with Gasteiger partial charge < -0.3 is 9.47 Å². The van der Waals surface area contributed by atoms with Crippen LogP contribution in [0.3, 0.4) is 0 Å². The van der Waals surface area contributed by atoms with Crippen LogP contribution in [0.4, 0.5) is 0 Å². The summed E-state index contributed by atoms with van der Waals surface area (Å²) in [4.78, 5) is 0. The quantitative estimate of drug-likeness (QED) is 0.608. The molecule has 5 heteroatoms. The molecule has 0 aliphatic rings. The normalized spacial score (nSPS) is 10.5. The highest BCUT2D eigenvalue weighted by atomic mass is 35.5. The van der Waals surface area contributed by atoms with Crippen molar-refractivity contribution in [1.29, 1.82) is 0 Å². The third kappa shape index (κ3) is 3.23. The molecule has 0 aromatic heterocycles. The van der Waals surface area contributed by atoms with Gasteiger partial charge in [0.15, 0.2) is 11.5 Å². The molecular weight excluding hydrogens is 331 g/mol. The monoisotopic (exact) mass is 344 g/mol. The number of hydrogen-bond donors (Lipinski definition) is 0. The van der Waals surface area contributed by atoms with E-state index in [9.17, 15) is 0 Å². The maximum atomic E-state index is 6.39. The van der Waals surface area contributed by atoms with E-state index in [2.05, 4.69) is 0 Å². The Bertz CT molecular complexity index is 627. The van der Waals surface area contributed by atoms with E-state index in [0.29, 0.717) is 35.3 Å². The number of halogens is 3. The maximum absolute atomic E-state index is 6.39. The second-order valence-corrected chi connectivity index (χ2v) is 5.34. The Morgan fingerprint density at radius 2 is 1.33 bits per heavy atom. The van der Waals surface area contributed by atoms with Crippen molar-refractivity contribution in [3.8, 4) is 22.6 Å². The fourth-order valence-corrected chi connectivity index (χ4v) is 2.79. The minimum absolute atomic E-state index is 0.268. The van der Waals surface area contributed by atoms with Crippen LogP contribution in [0.25, 0.3) is 11.1 Å². The van der Waals surface area contributed by atoms with Gasteiger partial charge in [0.2, 0.25) is 0 Å². The highest BCUT2D eigenvalue weighted by Gasteiger charge is 2.24. The summed E-state index contributed by atoms with van der Waals surface area (Å²) in [6.45, 7) is 4.68. The lowest BCUT2D eigenvalue weighted by Gasteiger charge is -2.19. The molecule has 0 saturated carbocycles. The van der Waals surface area contributed by atoms with Gasteiger partial charge in [-0.1, -0.05) is 65.1 Å². The first-order valence-corrected chi connectivity index (χ1v) is 7.76. The molecule has 2 nitrogen and oxygen atoms in total. The zero-order valence-electron chi connectivity index (χ0n) is 11.8. The second kappa shape index (κ2) is 7.26. The van der Waals surface area contributed by atoms with Crippen molar-refractivity contribution in [2.24, 2.45) is 0 Å². The Hall–Kier alpha value is -1.09. The average Bonchev–Trinajstić information content (AvgIpc) is 2.50. The summed E-state index contributed by atoms with van der Waals surface area (Å²) in [7, 11) is 0. The predicted octanol–water partition coefficient (Wildman–Crippen LogP) is 6.11. The van der Waals surface area contributed by atoms with E-state index in [-0.39, 0.29) is 10.0 Å². The zero-order chi connectivity index (χ0) is 15.4. The molecule has 21 heavy (non-hydrogen) atoms. The van der Waals surface area contributed by atoms with E-state index < -0.39 is 0 Å². The molecule has 0 amide bonds. The van der Waals surface area contributed by atoms with Crippen LogP contribution in [0.2, 0.25) is 15.1 Å². The summed E-state index contributed by atoms with van der Waals surface area (Å²) in [5, 5.41) is 0.899. The molecule has 0 aliphatic carbocycles. The summed E-state index contributed by atoms with van der Waals surface area (Å²) in [5.74, 6) is 0.944. The van der Waals surface area contributed by atoms with Crippen molar-refractivity contribution in [1.82, 2.24) is 0 Å². The molecule has 0 atom stereocenters. The van der Waals surface area contributed by atoms with Gasteiger partial charge >= 0.3 is 0 Å². The minimum Gasteiger partial charge on any atom is -0.489 e. The number of rotatable bonds is 5. The molecule has 2 aromatic rings. The van der Waals surface area contributed by atoms with E-state index in [0.717, 1.165) is 5.56 Å². The van der Waals surface area contributed by atoms with E-state index in [1.54, 1.807) is 0 Å². The summed E-state index contributed by atoms with van der Waals surface area (Å²) in [6, 6.07) is 9.64. The fourth-order valence-electron chi connectivity index (χ4n) is 2.04. The third-order valence-corrected chi connectivity index (χ3v) is 4.19. The predicted molar refractivity (Wildman–Crippen MR) is 89.2 cm³/mol. The van der Waals surface area contributed by atoms with Crippen LogP contribution < -0.4 is 9.47 Å². The first-order chi connectivity index (χ1) is 10.1. The third-order valence-electron chi connectivity index (χ3n) is 2.88. The van der Waals surface area contributed by atoms with Crippen LogP contribution in [0.15, 0.2) is 30.3 Å². The molecule has 0 heterocycles. The van der Waals surface area contributed by atoms with Gasteiger partial charge in [-0.05, 0) is 19.4 Å². The van der Waals surface area contributed by atoms with Crippen LogP contribution in [0.1, 0.15) is 13.8 Å². The SMILES string of the molecule is CCOc1c(Cl)c(Cl)c(Cl)c(-c2ccccc2)c1OCC. The van der Waals surface area contributed by atoms with E-state index >= 15 is 0 Å². The highest BCUT2D eigenvalue weighted by Crippen LogP contribution is 2.51. The Morgan fingerprint density at radius 1 is 0.762 bits per heavy atom. The molecule has 0 saturated heterocycles. The summed E-state index contributed by atoms with van der Waals surface area (Å²) in [6.07, 6.45) is 0. The van der Waals surface area contributed by atoms with Gasteiger partial charge in [0.1, 0.15) is 5.02 Å². The summed E-state index contributed by atoms with van der Waals surface area (Å²) in [5.41, 5.74) is 1.59. The van der Waals surface area contributed by atoms with Crippen LogP contribution in [-0.4, -0.2) is 13.2 Å². The van der Waals surface area contributed by atoms with Gasteiger partial charge in [-0.15, -0.1) is 0 Å². The van der Waals surface area contributed by atoms with E-state index in [4.69, 9.17) is 44.3 Å². The molecule has 2 aromatic carbocycles. The largest absolute Gasteiger partial charge is 0.489 e. The van der Waals surface area contributed by atoms with Crippen molar-refractivity contribution >= 4 is 34.8 Å². The van der Waals surface area contributed by atoms with Gasteiger partial charge in [0.25, 0.3) is 0 Å². The Morgan fingerprint density at radius 3 is 1.90 bits per heavy atom. The molecule has 0 fully saturated rings. The first kappa shape index (κ1) is 16.3. The van der Waals surface area contributed by atoms with Crippen molar-refractivity contribution in [3.63, 3.8) is 0 Å². The van der Waals surface area contributed by atoms with Gasteiger partial charge in [-0.25, -0.2) is 0 Å². The van der Waals surface area contributed by atoms with Crippen LogP contribution in [0, 0.1) is 0 Å². The van der Waals surface area contributed by atoms with Crippen LogP contribution in [-0.2, 0) is 0 Å². The average molecular weight is 346 g/mol.